The second kappa shape index (κ2) is 10.2. The molecule has 3 rings (SSSR count). The van der Waals surface area contributed by atoms with Crippen molar-refractivity contribution in [3.8, 4) is 11.5 Å². The Hall–Kier alpha value is -3.17. The van der Waals surface area contributed by atoms with Gasteiger partial charge in [0.25, 0.3) is 10.0 Å². The highest BCUT2D eigenvalue weighted by Crippen LogP contribution is 2.31. The number of amides is 1. The summed E-state index contributed by atoms with van der Waals surface area (Å²) in [5.74, 6) is 1.19. The Balaban J connectivity index is 1.57. The second-order valence-electron chi connectivity index (χ2n) is 6.35. The number of para-hydroxylation sites is 1. The van der Waals surface area contributed by atoms with E-state index in [-0.39, 0.29) is 16.6 Å². The van der Waals surface area contributed by atoms with Crippen molar-refractivity contribution in [2.75, 3.05) is 30.0 Å². The lowest BCUT2D eigenvalue weighted by Gasteiger charge is -2.10. The third kappa shape index (κ3) is 6.16. The van der Waals surface area contributed by atoms with Crippen LogP contribution in [0.3, 0.4) is 0 Å². The molecule has 9 heteroatoms. The van der Waals surface area contributed by atoms with E-state index in [1.54, 1.807) is 68.8 Å². The summed E-state index contributed by atoms with van der Waals surface area (Å²) in [4.78, 5) is 13.2. The van der Waals surface area contributed by atoms with E-state index in [4.69, 9.17) is 9.47 Å². The molecule has 3 aromatic rings. The van der Waals surface area contributed by atoms with E-state index in [9.17, 15) is 13.2 Å². The average Bonchev–Trinajstić information content (AvgIpc) is 2.78. The van der Waals surface area contributed by atoms with E-state index in [2.05, 4.69) is 10.0 Å². The normalized spacial score (nSPS) is 10.9. The Bertz CT molecular complexity index is 1130. The molecule has 31 heavy (non-hydrogen) atoms. The summed E-state index contributed by atoms with van der Waals surface area (Å²) in [6.07, 6.45) is 0. The molecule has 0 atom stereocenters. The van der Waals surface area contributed by atoms with Gasteiger partial charge in [-0.05, 0) is 54.6 Å². The van der Waals surface area contributed by atoms with Gasteiger partial charge in [-0.15, -0.1) is 11.8 Å². The van der Waals surface area contributed by atoms with Gasteiger partial charge in [0.1, 0.15) is 0 Å². The van der Waals surface area contributed by atoms with Crippen molar-refractivity contribution in [1.82, 2.24) is 0 Å². The molecular formula is C22H22N2O5S2. The van der Waals surface area contributed by atoms with Crippen LogP contribution in [0.5, 0.6) is 11.5 Å². The molecule has 0 aliphatic carbocycles. The molecule has 3 aromatic carbocycles. The van der Waals surface area contributed by atoms with Crippen molar-refractivity contribution in [2.24, 2.45) is 0 Å². The van der Waals surface area contributed by atoms with Crippen LogP contribution in [0.2, 0.25) is 0 Å². The first-order chi connectivity index (χ1) is 14.9. The largest absolute Gasteiger partial charge is 0.493 e. The highest BCUT2D eigenvalue weighted by Gasteiger charge is 2.14. The van der Waals surface area contributed by atoms with Crippen LogP contribution >= 0.6 is 11.8 Å². The molecule has 0 heterocycles. The number of benzene rings is 3. The lowest BCUT2D eigenvalue weighted by molar-refractivity contribution is -0.113. The maximum Gasteiger partial charge on any atom is 0.261 e. The molecule has 0 saturated carbocycles. The molecule has 1 amide bonds. The van der Waals surface area contributed by atoms with Gasteiger partial charge in [0.2, 0.25) is 5.91 Å². The van der Waals surface area contributed by atoms with Gasteiger partial charge in [0, 0.05) is 16.3 Å². The number of anilines is 2. The Labute approximate surface area is 185 Å². The van der Waals surface area contributed by atoms with Gasteiger partial charge < -0.3 is 14.8 Å². The summed E-state index contributed by atoms with van der Waals surface area (Å²) < 4.78 is 37.9. The van der Waals surface area contributed by atoms with Crippen molar-refractivity contribution >= 4 is 39.1 Å². The third-order valence-corrected chi connectivity index (χ3v) is 6.59. The van der Waals surface area contributed by atoms with Gasteiger partial charge in [-0.2, -0.15) is 0 Å². The molecule has 0 bridgehead atoms. The number of nitrogens with one attached hydrogen (secondary N) is 2. The van der Waals surface area contributed by atoms with E-state index in [0.717, 1.165) is 4.90 Å². The zero-order chi connectivity index (χ0) is 22.3. The minimum atomic E-state index is -3.71. The number of hydrogen-bond donors (Lipinski definition) is 2. The van der Waals surface area contributed by atoms with Crippen LogP contribution in [-0.4, -0.2) is 34.3 Å². The van der Waals surface area contributed by atoms with E-state index in [1.165, 1.54) is 23.9 Å². The Morgan fingerprint density at radius 2 is 1.55 bits per heavy atom. The molecule has 0 unspecified atom stereocenters. The summed E-state index contributed by atoms with van der Waals surface area (Å²) in [5, 5.41) is 2.76. The summed E-state index contributed by atoms with van der Waals surface area (Å²) in [7, 11) is -0.590. The summed E-state index contributed by atoms with van der Waals surface area (Å²) >= 11 is 1.35. The maximum atomic E-state index is 12.5. The summed E-state index contributed by atoms with van der Waals surface area (Å²) in [6.45, 7) is 0. The van der Waals surface area contributed by atoms with Gasteiger partial charge >= 0.3 is 0 Å². The van der Waals surface area contributed by atoms with E-state index >= 15 is 0 Å². The first kappa shape index (κ1) is 22.5. The molecular weight excluding hydrogens is 436 g/mol. The van der Waals surface area contributed by atoms with E-state index in [1.807, 2.05) is 6.07 Å². The minimum absolute atomic E-state index is 0.106. The van der Waals surface area contributed by atoms with Crippen molar-refractivity contribution in [1.29, 1.82) is 0 Å². The number of ether oxygens (including phenoxy) is 2. The highest BCUT2D eigenvalue weighted by molar-refractivity contribution is 8.00. The molecule has 0 aliphatic heterocycles. The quantitative estimate of drug-likeness (QED) is 0.466. The van der Waals surface area contributed by atoms with Crippen molar-refractivity contribution in [3.05, 3.63) is 72.8 Å². The zero-order valence-electron chi connectivity index (χ0n) is 17.0. The Morgan fingerprint density at radius 3 is 2.19 bits per heavy atom. The van der Waals surface area contributed by atoms with Crippen LogP contribution in [0.25, 0.3) is 0 Å². The monoisotopic (exact) mass is 458 g/mol. The van der Waals surface area contributed by atoms with Gasteiger partial charge in [-0.3, -0.25) is 9.52 Å². The number of carbonyl (C=O) groups excluding carboxylic acids is 1. The van der Waals surface area contributed by atoms with Crippen LogP contribution in [0, 0.1) is 0 Å². The smallest absolute Gasteiger partial charge is 0.261 e. The SMILES string of the molecule is COc1ccc(SCC(=O)Nc2ccc(S(=O)(=O)Nc3ccccc3)cc2)cc1OC. The molecule has 0 aliphatic rings. The van der Waals surface area contributed by atoms with Gasteiger partial charge in [0.15, 0.2) is 11.5 Å². The molecule has 0 spiro atoms. The standard InChI is InChI=1S/C22H22N2O5S2/c1-28-20-13-10-18(14-21(20)29-2)30-15-22(25)23-16-8-11-19(12-9-16)31(26,27)24-17-6-4-3-5-7-17/h3-14,24H,15H2,1-2H3,(H,23,25). The van der Waals surface area contributed by atoms with Gasteiger partial charge in [-0.25, -0.2) is 8.42 Å². The zero-order valence-corrected chi connectivity index (χ0v) is 18.6. The van der Waals surface area contributed by atoms with Crippen molar-refractivity contribution < 1.29 is 22.7 Å². The molecule has 7 nitrogen and oxygen atoms in total. The van der Waals surface area contributed by atoms with Crippen LogP contribution in [0.15, 0.2) is 82.6 Å². The molecule has 0 fully saturated rings. The Morgan fingerprint density at radius 1 is 0.871 bits per heavy atom. The topological polar surface area (TPSA) is 93.7 Å². The van der Waals surface area contributed by atoms with E-state index in [0.29, 0.717) is 22.9 Å². The molecule has 0 aromatic heterocycles. The lowest BCUT2D eigenvalue weighted by Crippen LogP contribution is -2.15. The minimum Gasteiger partial charge on any atom is -0.493 e. The molecule has 2 N–H and O–H groups in total. The van der Waals surface area contributed by atoms with Crippen molar-refractivity contribution in [2.45, 2.75) is 9.79 Å². The molecule has 0 saturated heterocycles. The first-order valence-corrected chi connectivity index (χ1v) is 11.7. The number of carbonyl (C=O) groups is 1. The second-order valence-corrected chi connectivity index (χ2v) is 9.08. The predicted octanol–water partition coefficient (Wildman–Crippen LogP) is 4.24. The number of sulfonamides is 1. The fourth-order valence-electron chi connectivity index (χ4n) is 2.69. The predicted molar refractivity (Wildman–Crippen MR) is 123 cm³/mol. The van der Waals surface area contributed by atoms with Crippen LogP contribution in [0.4, 0.5) is 11.4 Å². The molecule has 162 valence electrons. The van der Waals surface area contributed by atoms with Crippen LogP contribution in [-0.2, 0) is 14.8 Å². The fraction of sp³-hybridized carbons (Fsp3) is 0.136. The van der Waals surface area contributed by atoms with Gasteiger partial charge in [-0.1, -0.05) is 18.2 Å². The van der Waals surface area contributed by atoms with E-state index < -0.39 is 10.0 Å². The van der Waals surface area contributed by atoms with Crippen LogP contribution < -0.4 is 19.5 Å². The number of thioether (sulfide) groups is 1. The lowest BCUT2D eigenvalue weighted by atomic mass is 10.3. The summed E-state index contributed by atoms with van der Waals surface area (Å²) in [5.41, 5.74) is 0.989. The van der Waals surface area contributed by atoms with Crippen LogP contribution in [0.1, 0.15) is 0 Å². The average molecular weight is 459 g/mol. The Kier molecular flexibility index (Phi) is 7.43. The number of methoxy groups -OCH3 is 2. The number of rotatable bonds is 9. The van der Waals surface area contributed by atoms with Crippen molar-refractivity contribution in [3.63, 3.8) is 0 Å². The fourth-order valence-corrected chi connectivity index (χ4v) is 4.47. The third-order valence-electron chi connectivity index (χ3n) is 4.20. The summed E-state index contributed by atoms with van der Waals surface area (Å²) in [6, 6.07) is 20.1. The number of hydrogen-bond acceptors (Lipinski definition) is 6. The first-order valence-electron chi connectivity index (χ1n) is 9.24. The maximum absolute atomic E-state index is 12.5. The van der Waals surface area contributed by atoms with Gasteiger partial charge in [0.05, 0.1) is 24.9 Å². The molecule has 0 radical (unpaired) electrons. The highest BCUT2D eigenvalue weighted by atomic mass is 32.2.